The minimum absolute atomic E-state index is 0.0163. The molecule has 160 valence electrons. The smallest absolute Gasteiger partial charge is 0.262 e. The number of ether oxygens (including phenoxy) is 2. The number of rotatable bonds is 7. The molecule has 8 nitrogen and oxygen atoms in total. The molecule has 1 aliphatic heterocycles. The lowest BCUT2D eigenvalue weighted by Gasteiger charge is -2.18. The number of carbonyl (C=O) groups excluding carboxylic acids is 2. The van der Waals surface area contributed by atoms with Crippen molar-refractivity contribution in [1.82, 2.24) is 14.8 Å². The number of nitrogens with one attached hydrogen (secondary N) is 1. The molecule has 9 heteroatoms. The quantitative estimate of drug-likeness (QED) is 0.442. The van der Waals surface area contributed by atoms with E-state index in [1.54, 1.807) is 25.3 Å². The first-order chi connectivity index (χ1) is 15.0. The van der Waals surface area contributed by atoms with Crippen LogP contribution in [-0.2, 0) is 4.79 Å². The highest BCUT2D eigenvalue weighted by Gasteiger charge is 2.20. The van der Waals surface area contributed by atoms with Crippen molar-refractivity contribution in [2.45, 2.75) is 25.0 Å². The molecule has 0 saturated heterocycles. The zero-order valence-corrected chi connectivity index (χ0v) is 18.2. The van der Waals surface area contributed by atoms with E-state index in [4.69, 9.17) is 9.47 Å². The molecule has 2 heterocycles. The fourth-order valence-corrected chi connectivity index (χ4v) is 4.21. The third-order valence-corrected chi connectivity index (χ3v) is 5.74. The number of thioether (sulfide) groups is 1. The van der Waals surface area contributed by atoms with Crippen molar-refractivity contribution in [3.63, 3.8) is 0 Å². The Morgan fingerprint density at radius 2 is 2.00 bits per heavy atom. The van der Waals surface area contributed by atoms with Gasteiger partial charge in [0.1, 0.15) is 11.5 Å². The summed E-state index contributed by atoms with van der Waals surface area (Å²) in [4.78, 5) is 24.3. The van der Waals surface area contributed by atoms with E-state index in [0.717, 1.165) is 17.1 Å². The highest BCUT2D eigenvalue weighted by atomic mass is 32.2. The predicted molar refractivity (Wildman–Crippen MR) is 118 cm³/mol. The Bertz CT molecular complexity index is 1130. The van der Waals surface area contributed by atoms with Gasteiger partial charge >= 0.3 is 0 Å². The van der Waals surface area contributed by atoms with Crippen LogP contribution in [0.2, 0.25) is 0 Å². The first-order valence-corrected chi connectivity index (χ1v) is 10.8. The third kappa shape index (κ3) is 4.41. The van der Waals surface area contributed by atoms with Crippen LogP contribution < -0.4 is 14.8 Å². The first kappa shape index (κ1) is 20.9. The van der Waals surface area contributed by atoms with E-state index in [1.807, 2.05) is 28.8 Å². The van der Waals surface area contributed by atoms with Crippen LogP contribution in [0.1, 0.15) is 30.2 Å². The van der Waals surface area contributed by atoms with Gasteiger partial charge in [0, 0.05) is 17.2 Å². The van der Waals surface area contributed by atoms with Gasteiger partial charge in [0.05, 0.1) is 18.6 Å². The van der Waals surface area contributed by atoms with Crippen LogP contribution in [0.15, 0.2) is 47.6 Å². The van der Waals surface area contributed by atoms with Gasteiger partial charge in [-0.25, -0.2) is 0 Å². The Balaban J connectivity index is 1.52. The Labute approximate surface area is 184 Å². The number of hydrogen-bond acceptors (Lipinski definition) is 7. The van der Waals surface area contributed by atoms with E-state index < -0.39 is 0 Å². The number of carbonyl (C=O) groups is 2. The first-order valence-electron chi connectivity index (χ1n) is 9.78. The van der Waals surface area contributed by atoms with Crippen molar-refractivity contribution < 1.29 is 19.1 Å². The molecule has 1 N–H and O–H groups in total. The molecule has 2 aromatic carbocycles. The standard InChI is InChI=1S/C22H22N4O4S/c1-13(2)26-21(14-4-7-16(29-3)8-5-14)24-25-22(26)31-12-18(27)15-6-9-19-17(10-15)23-20(28)11-30-19/h4-10,13H,11-12H2,1-3H3,(H,23,28). The monoisotopic (exact) mass is 438 g/mol. The average Bonchev–Trinajstić information content (AvgIpc) is 3.21. The molecule has 1 amide bonds. The molecule has 0 atom stereocenters. The van der Waals surface area contributed by atoms with Crippen molar-refractivity contribution in [3.8, 4) is 22.9 Å². The summed E-state index contributed by atoms with van der Waals surface area (Å²) in [5.41, 5.74) is 1.94. The van der Waals surface area contributed by atoms with E-state index in [1.165, 1.54) is 11.8 Å². The second-order valence-electron chi connectivity index (χ2n) is 7.26. The second-order valence-corrected chi connectivity index (χ2v) is 8.20. The third-order valence-electron chi connectivity index (χ3n) is 4.80. The summed E-state index contributed by atoms with van der Waals surface area (Å²) in [6.07, 6.45) is 0. The van der Waals surface area contributed by atoms with Gasteiger partial charge in [-0.1, -0.05) is 11.8 Å². The lowest BCUT2D eigenvalue weighted by Crippen LogP contribution is -2.25. The maximum Gasteiger partial charge on any atom is 0.262 e. The zero-order valence-electron chi connectivity index (χ0n) is 17.4. The molecular formula is C22H22N4O4S. The molecule has 0 unspecified atom stereocenters. The Hall–Kier alpha value is -3.33. The fourth-order valence-electron chi connectivity index (χ4n) is 3.25. The van der Waals surface area contributed by atoms with Crippen LogP contribution in [0.5, 0.6) is 11.5 Å². The second kappa shape index (κ2) is 8.81. The van der Waals surface area contributed by atoms with Crippen LogP contribution in [0.4, 0.5) is 5.69 Å². The molecule has 1 aromatic heterocycles. The summed E-state index contributed by atoms with van der Waals surface area (Å²) in [5, 5.41) is 12.1. The number of aromatic nitrogens is 3. The van der Waals surface area contributed by atoms with Crippen molar-refractivity contribution >= 4 is 29.1 Å². The molecule has 0 bridgehead atoms. The number of amides is 1. The molecule has 3 aromatic rings. The molecule has 1 aliphatic rings. The largest absolute Gasteiger partial charge is 0.497 e. The molecule has 0 aliphatic carbocycles. The predicted octanol–water partition coefficient (Wildman–Crippen LogP) is 3.84. The SMILES string of the molecule is COc1ccc(-c2nnc(SCC(=O)c3ccc4c(c3)NC(=O)CO4)n2C(C)C)cc1. The Morgan fingerprint density at radius 3 is 2.71 bits per heavy atom. The van der Waals surface area contributed by atoms with E-state index in [-0.39, 0.29) is 30.1 Å². The van der Waals surface area contributed by atoms with Crippen molar-refractivity contribution in [2.75, 3.05) is 24.8 Å². The fraction of sp³-hybridized carbons (Fsp3) is 0.273. The van der Waals surface area contributed by atoms with Gasteiger partial charge in [0.2, 0.25) is 0 Å². The van der Waals surface area contributed by atoms with Gasteiger partial charge in [-0.15, -0.1) is 10.2 Å². The number of nitrogens with zero attached hydrogens (tertiary/aromatic N) is 3. The maximum atomic E-state index is 12.8. The van der Waals surface area contributed by atoms with Crippen molar-refractivity contribution in [1.29, 1.82) is 0 Å². The van der Waals surface area contributed by atoms with Gasteiger partial charge in [0.15, 0.2) is 23.4 Å². The van der Waals surface area contributed by atoms with Crippen LogP contribution in [0.3, 0.4) is 0 Å². The number of fused-ring (bicyclic) bond motifs is 1. The molecule has 0 radical (unpaired) electrons. The van der Waals surface area contributed by atoms with E-state index in [9.17, 15) is 9.59 Å². The molecule has 31 heavy (non-hydrogen) atoms. The maximum absolute atomic E-state index is 12.8. The summed E-state index contributed by atoms with van der Waals surface area (Å²) in [6.45, 7) is 4.08. The van der Waals surface area contributed by atoms with Crippen molar-refractivity contribution in [2.24, 2.45) is 0 Å². The Kier molecular flexibility index (Phi) is 5.94. The lowest BCUT2D eigenvalue weighted by molar-refractivity contribution is -0.118. The normalized spacial score (nSPS) is 12.8. The van der Waals surface area contributed by atoms with Gasteiger partial charge in [-0.3, -0.25) is 14.2 Å². The minimum atomic E-state index is -0.234. The van der Waals surface area contributed by atoms with E-state index in [0.29, 0.717) is 22.2 Å². The van der Waals surface area contributed by atoms with Gasteiger partial charge in [0.25, 0.3) is 5.91 Å². The topological polar surface area (TPSA) is 95.3 Å². The molecule has 4 rings (SSSR count). The van der Waals surface area contributed by atoms with Gasteiger partial charge in [-0.2, -0.15) is 0 Å². The average molecular weight is 439 g/mol. The highest BCUT2D eigenvalue weighted by molar-refractivity contribution is 7.99. The van der Waals surface area contributed by atoms with Crippen LogP contribution in [-0.4, -0.2) is 45.9 Å². The summed E-state index contributed by atoms with van der Waals surface area (Å²) >= 11 is 1.34. The molecule has 0 fully saturated rings. The summed E-state index contributed by atoms with van der Waals surface area (Å²) in [6, 6.07) is 12.8. The van der Waals surface area contributed by atoms with Gasteiger partial charge in [-0.05, 0) is 56.3 Å². The molecule has 0 saturated carbocycles. The van der Waals surface area contributed by atoms with Gasteiger partial charge < -0.3 is 14.8 Å². The minimum Gasteiger partial charge on any atom is -0.497 e. The number of methoxy groups -OCH3 is 1. The molecule has 0 spiro atoms. The molecular weight excluding hydrogens is 416 g/mol. The number of anilines is 1. The van der Waals surface area contributed by atoms with Crippen LogP contribution in [0, 0.1) is 0 Å². The summed E-state index contributed by atoms with van der Waals surface area (Å²) < 4.78 is 12.6. The summed E-state index contributed by atoms with van der Waals surface area (Å²) in [7, 11) is 1.63. The Morgan fingerprint density at radius 1 is 1.23 bits per heavy atom. The number of hydrogen-bond donors (Lipinski definition) is 1. The number of ketones is 1. The van der Waals surface area contributed by atoms with E-state index >= 15 is 0 Å². The summed E-state index contributed by atoms with van der Waals surface area (Å²) in [5.74, 6) is 1.96. The number of Topliss-reactive ketones (excluding diaryl/α,β-unsaturated/α-hetero) is 1. The van der Waals surface area contributed by atoms with Crippen LogP contribution in [0.25, 0.3) is 11.4 Å². The highest BCUT2D eigenvalue weighted by Crippen LogP contribution is 2.31. The van der Waals surface area contributed by atoms with Crippen LogP contribution >= 0.6 is 11.8 Å². The zero-order chi connectivity index (χ0) is 22.0. The van der Waals surface area contributed by atoms with Crippen molar-refractivity contribution in [3.05, 3.63) is 48.0 Å². The lowest BCUT2D eigenvalue weighted by atomic mass is 10.1. The number of benzene rings is 2. The van der Waals surface area contributed by atoms with E-state index in [2.05, 4.69) is 29.4 Å².